The third-order valence-corrected chi connectivity index (χ3v) is 3.66. The van der Waals surface area contributed by atoms with Gasteiger partial charge < -0.3 is 5.32 Å². The molecule has 2 heterocycles. The lowest BCUT2D eigenvalue weighted by atomic mass is 10.3. The van der Waals surface area contributed by atoms with Crippen LogP contribution in [0.2, 0.25) is 0 Å². The van der Waals surface area contributed by atoms with E-state index in [2.05, 4.69) is 37.7 Å². The SMILES string of the molecule is c1cn(CCNCc2ccn(C3CCCC3)n2)nn1. The van der Waals surface area contributed by atoms with Gasteiger partial charge in [0.15, 0.2) is 0 Å². The summed E-state index contributed by atoms with van der Waals surface area (Å²) < 4.78 is 3.96. The first-order valence-electron chi connectivity index (χ1n) is 7.01. The Labute approximate surface area is 112 Å². The topological polar surface area (TPSA) is 60.6 Å². The van der Waals surface area contributed by atoms with Gasteiger partial charge in [-0.1, -0.05) is 18.1 Å². The smallest absolute Gasteiger partial charge is 0.0762 e. The molecule has 2 aromatic heterocycles. The highest BCUT2D eigenvalue weighted by atomic mass is 15.4. The van der Waals surface area contributed by atoms with Crippen molar-refractivity contribution in [3.8, 4) is 0 Å². The monoisotopic (exact) mass is 260 g/mol. The Hall–Kier alpha value is -1.69. The zero-order valence-electron chi connectivity index (χ0n) is 11.1. The van der Waals surface area contributed by atoms with Crippen LogP contribution in [0.5, 0.6) is 0 Å². The molecular weight excluding hydrogens is 240 g/mol. The number of rotatable bonds is 6. The van der Waals surface area contributed by atoms with Gasteiger partial charge in [-0.15, -0.1) is 5.10 Å². The van der Waals surface area contributed by atoms with Crippen LogP contribution in [-0.2, 0) is 13.1 Å². The van der Waals surface area contributed by atoms with Crippen LogP contribution < -0.4 is 5.32 Å². The predicted molar refractivity (Wildman–Crippen MR) is 71.5 cm³/mol. The third-order valence-electron chi connectivity index (χ3n) is 3.66. The van der Waals surface area contributed by atoms with E-state index < -0.39 is 0 Å². The quantitative estimate of drug-likeness (QED) is 0.797. The fourth-order valence-corrected chi connectivity index (χ4v) is 2.61. The van der Waals surface area contributed by atoms with Crippen molar-refractivity contribution in [1.82, 2.24) is 30.1 Å². The summed E-state index contributed by atoms with van der Waals surface area (Å²) in [6.45, 7) is 2.53. The molecule has 0 radical (unpaired) electrons. The summed E-state index contributed by atoms with van der Waals surface area (Å²) in [4.78, 5) is 0. The Balaban J connectivity index is 1.42. The van der Waals surface area contributed by atoms with Crippen LogP contribution in [0, 0.1) is 0 Å². The van der Waals surface area contributed by atoms with Crippen molar-refractivity contribution in [2.24, 2.45) is 0 Å². The Morgan fingerprint density at radius 2 is 2.16 bits per heavy atom. The molecule has 6 nitrogen and oxygen atoms in total. The van der Waals surface area contributed by atoms with Gasteiger partial charge in [0.05, 0.1) is 24.5 Å². The molecule has 19 heavy (non-hydrogen) atoms. The second kappa shape index (κ2) is 5.97. The molecule has 1 N–H and O–H groups in total. The highest BCUT2D eigenvalue weighted by Crippen LogP contribution is 2.28. The summed E-state index contributed by atoms with van der Waals surface area (Å²) >= 11 is 0. The molecule has 0 unspecified atom stereocenters. The number of hydrogen-bond donors (Lipinski definition) is 1. The van der Waals surface area contributed by atoms with Crippen molar-refractivity contribution >= 4 is 0 Å². The van der Waals surface area contributed by atoms with Gasteiger partial charge in [0.1, 0.15) is 0 Å². The van der Waals surface area contributed by atoms with Crippen molar-refractivity contribution in [2.45, 2.75) is 44.8 Å². The normalized spacial score (nSPS) is 16.2. The summed E-state index contributed by atoms with van der Waals surface area (Å²) in [7, 11) is 0. The molecule has 0 amide bonds. The molecule has 1 aliphatic carbocycles. The Bertz CT molecular complexity index is 483. The van der Waals surface area contributed by atoms with Gasteiger partial charge in [0.25, 0.3) is 0 Å². The molecular formula is C13H20N6. The van der Waals surface area contributed by atoms with E-state index in [4.69, 9.17) is 0 Å². The van der Waals surface area contributed by atoms with E-state index in [-0.39, 0.29) is 0 Å². The van der Waals surface area contributed by atoms with Gasteiger partial charge in [-0.3, -0.25) is 9.36 Å². The third kappa shape index (κ3) is 3.20. The second-order valence-corrected chi connectivity index (χ2v) is 5.07. The van der Waals surface area contributed by atoms with Gasteiger partial charge in [-0.05, 0) is 18.9 Å². The molecule has 1 fully saturated rings. The van der Waals surface area contributed by atoms with Gasteiger partial charge >= 0.3 is 0 Å². The van der Waals surface area contributed by atoms with Crippen LogP contribution in [0.4, 0.5) is 0 Å². The zero-order chi connectivity index (χ0) is 12.9. The highest BCUT2D eigenvalue weighted by Gasteiger charge is 2.17. The summed E-state index contributed by atoms with van der Waals surface area (Å²) in [5, 5.41) is 15.7. The first kappa shape index (κ1) is 12.3. The standard InChI is InChI=1S/C13H20N6/c1-2-4-13(3-1)19-8-5-12(16-19)11-14-6-9-18-10-7-15-17-18/h5,7-8,10,13-14H,1-4,6,9,11H2. The number of aromatic nitrogens is 5. The van der Waals surface area contributed by atoms with Crippen LogP contribution >= 0.6 is 0 Å². The van der Waals surface area contributed by atoms with Crippen LogP contribution in [0.3, 0.4) is 0 Å². The first-order valence-corrected chi connectivity index (χ1v) is 7.01. The van der Waals surface area contributed by atoms with Gasteiger partial charge in [-0.25, -0.2) is 0 Å². The average molecular weight is 260 g/mol. The molecule has 6 heteroatoms. The Morgan fingerprint density at radius 1 is 1.26 bits per heavy atom. The largest absolute Gasteiger partial charge is 0.309 e. The molecule has 0 aromatic carbocycles. The maximum absolute atomic E-state index is 4.65. The van der Waals surface area contributed by atoms with Crippen molar-refractivity contribution in [1.29, 1.82) is 0 Å². The fourth-order valence-electron chi connectivity index (χ4n) is 2.61. The van der Waals surface area contributed by atoms with E-state index in [1.165, 1.54) is 25.7 Å². The zero-order valence-corrected chi connectivity index (χ0v) is 11.1. The van der Waals surface area contributed by atoms with E-state index in [0.717, 1.165) is 25.3 Å². The van der Waals surface area contributed by atoms with Crippen molar-refractivity contribution < 1.29 is 0 Å². The predicted octanol–water partition coefficient (Wildman–Crippen LogP) is 1.38. The van der Waals surface area contributed by atoms with Gasteiger partial charge in [-0.2, -0.15) is 5.10 Å². The maximum Gasteiger partial charge on any atom is 0.0762 e. The van der Waals surface area contributed by atoms with Crippen LogP contribution in [0.25, 0.3) is 0 Å². The summed E-state index contributed by atoms with van der Waals surface area (Å²) in [5.41, 5.74) is 1.12. The molecule has 0 spiro atoms. The maximum atomic E-state index is 4.65. The Kier molecular flexibility index (Phi) is 3.88. The molecule has 0 aliphatic heterocycles. The Morgan fingerprint density at radius 3 is 2.95 bits per heavy atom. The lowest BCUT2D eigenvalue weighted by Gasteiger charge is -2.09. The molecule has 1 aliphatic rings. The van der Waals surface area contributed by atoms with E-state index in [1.807, 2.05) is 10.9 Å². The molecule has 3 rings (SSSR count). The molecule has 0 bridgehead atoms. The lowest BCUT2D eigenvalue weighted by Crippen LogP contribution is -2.20. The second-order valence-electron chi connectivity index (χ2n) is 5.07. The van der Waals surface area contributed by atoms with E-state index in [1.54, 1.807) is 6.20 Å². The molecule has 0 saturated heterocycles. The minimum absolute atomic E-state index is 0.629. The highest BCUT2D eigenvalue weighted by molar-refractivity contribution is 4.99. The molecule has 0 atom stereocenters. The van der Waals surface area contributed by atoms with Crippen LogP contribution in [0.15, 0.2) is 24.7 Å². The summed E-state index contributed by atoms with van der Waals surface area (Å²) in [6, 6.07) is 2.74. The number of hydrogen-bond acceptors (Lipinski definition) is 4. The van der Waals surface area contributed by atoms with Crippen molar-refractivity contribution in [2.75, 3.05) is 6.54 Å². The summed E-state index contributed by atoms with van der Waals surface area (Å²) in [6.07, 6.45) is 10.9. The van der Waals surface area contributed by atoms with Crippen LogP contribution in [-0.4, -0.2) is 31.3 Å². The molecule has 2 aromatic rings. The van der Waals surface area contributed by atoms with E-state index in [9.17, 15) is 0 Å². The van der Waals surface area contributed by atoms with E-state index >= 15 is 0 Å². The lowest BCUT2D eigenvalue weighted by molar-refractivity contribution is 0.459. The van der Waals surface area contributed by atoms with Crippen molar-refractivity contribution in [3.63, 3.8) is 0 Å². The van der Waals surface area contributed by atoms with Gasteiger partial charge in [0.2, 0.25) is 0 Å². The number of nitrogens with zero attached hydrogens (tertiary/aromatic N) is 5. The first-order chi connectivity index (χ1) is 9.42. The molecule has 1 saturated carbocycles. The van der Waals surface area contributed by atoms with Crippen molar-refractivity contribution in [3.05, 3.63) is 30.4 Å². The fraction of sp³-hybridized carbons (Fsp3) is 0.615. The summed E-state index contributed by atoms with van der Waals surface area (Å²) in [5.74, 6) is 0. The van der Waals surface area contributed by atoms with Gasteiger partial charge in [0, 0.05) is 25.5 Å². The van der Waals surface area contributed by atoms with E-state index in [0.29, 0.717) is 6.04 Å². The minimum atomic E-state index is 0.629. The molecule has 102 valence electrons. The van der Waals surface area contributed by atoms with Crippen LogP contribution in [0.1, 0.15) is 37.4 Å². The minimum Gasteiger partial charge on any atom is -0.309 e. The average Bonchev–Trinajstić information content (AvgIpc) is 3.15. The number of nitrogens with one attached hydrogen (secondary N) is 1.